The highest BCUT2D eigenvalue weighted by Gasteiger charge is 2.02. The molecule has 3 N–H and O–H groups in total. The predicted molar refractivity (Wildman–Crippen MR) is 44.4 cm³/mol. The Balaban J connectivity index is 3.47. The fourth-order valence-corrected chi connectivity index (χ4v) is 0.390. The van der Waals surface area contributed by atoms with E-state index in [-0.39, 0.29) is 0 Å². The van der Waals surface area contributed by atoms with Crippen molar-refractivity contribution in [2.45, 2.75) is 13.0 Å². The number of rotatable bonds is 5. The second kappa shape index (κ2) is 7.15. The molecule has 0 rings (SSSR count). The van der Waals surface area contributed by atoms with Crippen LogP contribution in [0.5, 0.6) is 0 Å². The quantitative estimate of drug-likeness (QED) is 0.214. The molecule has 1 atom stereocenters. The van der Waals surface area contributed by atoms with E-state index in [1.807, 2.05) is 5.48 Å². The molecule has 0 aliphatic heterocycles. The Labute approximate surface area is 75.8 Å². The zero-order valence-corrected chi connectivity index (χ0v) is 6.90. The molecule has 0 aromatic rings. The van der Waals surface area contributed by atoms with Crippen molar-refractivity contribution in [1.29, 1.82) is 0 Å². The molecule has 13 heavy (non-hydrogen) atoms. The number of carbonyl (C=O) groups excluding carboxylic acids is 2. The van der Waals surface area contributed by atoms with Crippen LogP contribution in [-0.2, 0) is 9.73 Å². The van der Waals surface area contributed by atoms with Crippen molar-refractivity contribution in [1.82, 2.24) is 11.0 Å². The van der Waals surface area contributed by atoms with Gasteiger partial charge in [-0.15, -0.1) is 0 Å². The monoisotopic (exact) mass is 183 g/mol. The summed E-state index contributed by atoms with van der Waals surface area (Å²) in [6, 6.07) is -0.443. The molecule has 0 fully saturated rings. The highest BCUT2D eigenvalue weighted by atomic mass is 16.8. The largest absolute Gasteiger partial charge is 0.462 e. The van der Waals surface area contributed by atoms with Crippen molar-refractivity contribution >= 4 is 19.3 Å². The number of hydrogen-bond donors (Lipinski definition) is 3. The minimum atomic E-state index is -0.688. The third kappa shape index (κ3) is 6.87. The number of hydrogen-bond acceptors (Lipinski definition) is 5. The average molecular weight is 183 g/mol. The summed E-state index contributed by atoms with van der Waals surface area (Å²) >= 11 is 0. The molecule has 0 saturated carbocycles. The molecule has 0 aromatic carbocycles. The Morgan fingerprint density at radius 3 is 3.00 bits per heavy atom. The van der Waals surface area contributed by atoms with Gasteiger partial charge in [0.2, 0.25) is 0 Å². The van der Waals surface area contributed by atoms with E-state index in [1.165, 1.54) is 0 Å². The van der Waals surface area contributed by atoms with E-state index in [2.05, 4.69) is 16.3 Å². The Hall–Kier alpha value is -1.52. The predicted octanol–water partition coefficient (Wildman–Crippen LogP) is -1.25. The van der Waals surface area contributed by atoms with E-state index in [1.54, 1.807) is 13.0 Å². The van der Waals surface area contributed by atoms with Crippen molar-refractivity contribution in [3.8, 4) is 12.0 Å². The molecule has 1 radical (unpaired) electrons. The van der Waals surface area contributed by atoms with Crippen molar-refractivity contribution in [2.75, 3.05) is 0 Å². The van der Waals surface area contributed by atoms with Crippen molar-refractivity contribution in [3.63, 3.8) is 0 Å². The van der Waals surface area contributed by atoms with Crippen LogP contribution in [0.15, 0.2) is 0 Å². The highest BCUT2D eigenvalue weighted by Crippen LogP contribution is 1.75. The lowest BCUT2D eigenvalue weighted by Crippen LogP contribution is -2.37. The van der Waals surface area contributed by atoms with Crippen molar-refractivity contribution < 1.29 is 19.6 Å². The average Bonchev–Trinajstić information content (AvgIpc) is 2.05. The summed E-state index contributed by atoms with van der Waals surface area (Å²) in [5, 5.41) is 8.13. The topological polar surface area (TPSA) is 87.7 Å². The molecular formula is C6H8BN2O4. The summed E-state index contributed by atoms with van der Waals surface area (Å²) in [6.07, 6.45) is 1.99. The lowest BCUT2D eigenvalue weighted by atomic mass is 9.81. The number of aliphatic hydroxyl groups excluding tert-OH is 1. The van der Waals surface area contributed by atoms with Gasteiger partial charge in [-0.25, -0.2) is 5.48 Å². The van der Waals surface area contributed by atoms with Gasteiger partial charge in [0.25, 0.3) is 0 Å². The van der Waals surface area contributed by atoms with Crippen LogP contribution in [0.2, 0.25) is 0 Å². The first-order valence-electron chi connectivity index (χ1n) is 3.35. The van der Waals surface area contributed by atoms with Gasteiger partial charge in [-0.1, -0.05) is 0 Å². The molecule has 7 heteroatoms. The summed E-state index contributed by atoms with van der Waals surface area (Å²) in [5.74, 6) is 1.60. The van der Waals surface area contributed by atoms with Gasteiger partial charge in [-0.05, 0) is 12.8 Å². The zero-order chi connectivity index (χ0) is 10.1. The molecule has 0 spiro atoms. The number of carbonyl (C=O) groups is 2. The number of amides is 1. The van der Waals surface area contributed by atoms with Crippen LogP contribution < -0.4 is 11.0 Å². The van der Waals surface area contributed by atoms with Crippen LogP contribution in [0.25, 0.3) is 0 Å². The summed E-state index contributed by atoms with van der Waals surface area (Å²) < 4.78 is 0. The first-order chi connectivity index (χ1) is 6.20. The van der Waals surface area contributed by atoms with E-state index < -0.39 is 11.8 Å². The third-order valence-corrected chi connectivity index (χ3v) is 0.888. The summed E-state index contributed by atoms with van der Waals surface area (Å²) in [7, 11) is 0.754. The van der Waals surface area contributed by atoms with E-state index in [4.69, 9.17) is 5.11 Å². The first kappa shape index (κ1) is 11.5. The van der Waals surface area contributed by atoms with Gasteiger partial charge in [0.15, 0.2) is 5.81 Å². The van der Waals surface area contributed by atoms with Crippen molar-refractivity contribution in [3.05, 3.63) is 0 Å². The van der Waals surface area contributed by atoms with Crippen LogP contribution in [0.4, 0.5) is 4.79 Å². The Morgan fingerprint density at radius 1 is 1.77 bits per heavy atom. The molecule has 0 saturated heterocycles. The lowest BCUT2D eigenvalue weighted by molar-refractivity contribution is -0.0193. The second-order valence-corrected chi connectivity index (χ2v) is 1.97. The minimum Gasteiger partial charge on any atom is -0.462 e. The summed E-state index contributed by atoms with van der Waals surface area (Å²) in [4.78, 5) is 24.7. The van der Waals surface area contributed by atoms with E-state index in [0.717, 1.165) is 7.28 Å². The number of nitrogens with one attached hydrogen (secondary N) is 2. The van der Waals surface area contributed by atoms with Crippen LogP contribution in [-0.4, -0.2) is 30.4 Å². The molecular weight excluding hydrogens is 175 g/mol. The summed E-state index contributed by atoms with van der Waals surface area (Å²) in [6.45, 7) is 1.60. The third-order valence-electron chi connectivity index (χ3n) is 0.888. The molecule has 0 heterocycles. The number of hydroxylamine groups is 2. The molecule has 1 amide bonds. The smallest absolute Gasteiger partial charge is 0.318 e. The van der Waals surface area contributed by atoms with Crippen LogP contribution in [0, 0.1) is 12.0 Å². The van der Waals surface area contributed by atoms with Gasteiger partial charge in [-0.2, -0.15) is 10.4 Å². The van der Waals surface area contributed by atoms with Gasteiger partial charge in [0.05, 0.1) is 12.2 Å². The summed E-state index contributed by atoms with van der Waals surface area (Å²) in [5.41, 5.74) is 4.16. The zero-order valence-electron chi connectivity index (χ0n) is 6.90. The molecule has 69 valence electrons. The van der Waals surface area contributed by atoms with Gasteiger partial charge in [0, 0.05) is 0 Å². The normalized spacial score (nSPS) is 10.5. The fourth-order valence-electron chi connectivity index (χ4n) is 0.390. The molecule has 0 aromatic heterocycles. The van der Waals surface area contributed by atoms with Crippen LogP contribution in [0.1, 0.15) is 6.92 Å². The van der Waals surface area contributed by atoms with Crippen LogP contribution >= 0.6 is 0 Å². The Morgan fingerprint density at radius 2 is 2.46 bits per heavy atom. The standard InChI is InChI=1S/C6H8BN2O4/c1-5(2-3-10)8-13-9-6(12)7-4-11/h4-5,8,10H,1H3,(H,9,12). The molecule has 0 bridgehead atoms. The van der Waals surface area contributed by atoms with E-state index >= 15 is 0 Å². The first-order valence-corrected chi connectivity index (χ1v) is 3.35. The van der Waals surface area contributed by atoms with Gasteiger partial charge in [0.1, 0.15) is 6.11 Å². The van der Waals surface area contributed by atoms with E-state index in [9.17, 15) is 9.59 Å². The van der Waals surface area contributed by atoms with Gasteiger partial charge < -0.3 is 9.90 Å². The minimum absolute atomic E-state index is 0.329. The molecule has 1 unspecified atom stereocenters. The highest BCUT2D eigenvalue weighted by molar-refractivity contribution is 6.92. The van der Waals surface area contributed by atoms with Crippen LogP contribution in [0.3, 0.4) is 0 Å². The maximum atomic E-state index is 10.5. The molecule has 0 aliphatic rings. The molecule has 6 nitrogen and oxygen atoms in total. The van der Waals surface area contributed by atoms with E-state index in [0.29, 0.717) is 6.19 Å². The fraction of sp³-hybridized carbons (Fsp3) is 0.333. The van der Waals surface area contributed by atoms with Gasteiger partial charge >= 0.3 is 7.28 Å². The maximum absolute atomic E-state index is 10.5. The molecule has 0 aliphatic carbocycles. The second-order valence-electron chi connectivity index (χ2n) is 1.97. The maximum Gasteiger partial charge on any atom is 0.318 e. The van der Waals surface area contributed by atoms with Crippen molar-refractivity contribution in [2.24, 2.45) is 0 Å². The SMILES string of the molecule is CC(C#CO)NONC(=O)[B]C=O. The Kier molecular flexibility index (Phi) is 6.32. The lowest BCUT2D eigenvalue weighted by Gasteiger charge is -2.06. The van der Waals surface area contributed by atoms with Gasteiger partial charge in [-0.3, -0.25) is 4.79 Å². The Bertz CT molecular complexity index is 235. The number of aliphatic hydroxyl groups is 1.